The highest BCUT2D eigenvalue weighted by atomic mass is 19.1. The van der Waals surface area contributed by atoms with E-state index in [1.54, 1.807) is 12.1 Å². The first-order valence-corrected chi connectivity index (χ1v) is 6.39. The second-order valence-electron chi connectivity index (χ2n) is 4.43. The topological polar surface area (TPSA) is 21.3 Å². The molecule has 0 amide bonds. The number of halogens is 1. The van der Waals surface area contributed by atoms with Gasteiger partial charge in [-0.25, -0.2) is 4.39 Å². The largest absolute Gasteiger partial charge is 0.492 e. The van der Waals surface area contributed by atoms with Gasteiger partial charge in [-0.05, 0) is 25.1 Å². The van der Waals surface area contributed by atoms with Gasteiger partial charge in [-0.15, -0.1) is 0 Å². The van der Waals surface area contributed by atoms with Crippen molar-refractivity contribution in [2.45, 2.75) is 13.5 Å². The Bertz CT molecular complexity index is 510. The SMILES string of the molecule is Cc1ccc(OCCNCc2ccccc2F)cc1. The molecule has 0 saturated heterocycles. The molecular formula is C16H18FNO. The van der Waals surface area contributed by atoms with E-state index in [1.165, 1.54) is 11.6 Å². The molecule has 0 heterocycles. The summed E-state index contributed by atoms with van der Waals surface area (Å²) >= 11 is 0. The standard InChI is InChI=1S/C16H18FNO/c1-13-6-8-15(9-7-13)19-11-10-18-12-14-4-2-3-5-16(14)17/h2-9,18H,10-12H2,1H3. The summed E-state index contributed by atoms with van der Waals surface area (Å²) < 4.78 is 18.9. The van der Waals surface area contributed by atoms with Crippen molar-refractivity contribution >= 4 is 0 Å². The Balaban J connectivity index is 1.67. The van der Waals surface area contributed by atoms with E-state index in [4.69, 9.17) is 4.74 Å². The Morgan fingerprint density at radius 3 is 2.53 bits per heavy atom. The smallest absolute Gasteiger partial charge is 0.127 e. The molecule has 2 rings (SSSR count). The first-order chi connectivity index (χ1) is 9.25. The Kier molecular flexibility index (Phi) is 4.93. The quantitative estimate of drug-likeness (QED) is 0.804. The van der Waals surface area contributed by atoms with Gasteiger partial charge in [-0.3, -0.25) is 0 Å². The van der Waals surface area contributed by atoms with Crippen LogP contribution in [0.2, 0.25) is 0 Å². The molecule has 0 saturated carbocycles. The van der Waals surface area contributed by atoms with Crippen molar-refractivity contribution in [1.82, 2.24) is 5.32 Å². The molecule has 1 N–H and O–H groups in total. The molecule has 0 atom stereocenters. The molecule has 0 spiro atoms. The van der Waals surface area contributed by atoms with Gasteiger partial charge in [0.1, 0.15) is 18.2 Å². The minimum Gasteiger partial charge on any atom is -0.492 e. The van der Waals surface area contributed by atoms with Crippen molar-refractivity contribution in [3.8, 4) is 5.75 Å². The van der Waals surface area contributed by atoms with Crippen LogP contribution >= 0.6 is 0 Å². The maximum Gasteiger partial charge on any atom is 0.127 e. The number of nitrogens with one attached hydrogen (secondary N) is 1. The van der Waals surface area contributed by atoms with E-state index >= 15 is 0 Å². The van der Waals surface area contributed by atoms with Crippen LogP contribution in [0.25, 0.3) is 0 Å². The molecule has 0 aliphatic heterocycles. The van der Waals surface area contributed by atoms with Gasteiger partial charge < -0.3 is 10.1 Å². The van der Waals surface area contributed by atoms with Crippen LogP contribution in [-0.4, -0.2) is 13.2 Å². The lowest BCUT2D eigenvalue weighted by molar-refractivity contribution is 0.313. The molecule has 0 bridgehead atoms. The number of benzene rings is 2. The zero-order chi connectivity index (χ0) is 13.5. The maximum atomic E-state index is 13.3. The molecule has 0 aliphatic carbocycles. The Labute approximate surface area is 113 Å². The zero-order valence-corrected chi connectivity index (χ0v) is 11.0. The predicted octanol–water partition coefficient (Wildman–Crippen LogP) is 3.30. The molecule has 3 heteroatoms. The maximum absolute atomic E-state index is 13.3. The van der Waals surface area contributed by atoms with Crippen LogP contribution in [-0.2, 0) is 6.54 Å². The van der Waals surface area contributed by atoms with Crippen LogP contribution < -0.4 is 10.1 Å². The molecule has 0 aliphatic rings. The van der Waals surface area contributed by atoms with E-state index < -0.39 is 0 Å². The van der Waals surface area contributed by atoms with E-state index in [-0.39, 0.29) is 5.82 Å². The van der Waals surface area contributed by atoms with E-state index in [2.05, 4.69) is 5.32 Å². The number of hydrogen-bond acceptors (Lipinski definition) is 2. The normalized spacial score (nSPS) is 10.4. The van der Waals surface area contributed by atoms with Gasteiger partial charge in [-0.1, -0.05) is 35.9 Å². The third-order valence-electron chi connectivity index (χ3n) is 2.84. The molecule has 0 fully saturated rings. The van der Waals surface area contributed by atoms with Crippen LogP contribution in [0.5, 0.6) is 5.75 Å². The van der Waals surface area contributed by atoms with E-state index in [0.717, 1.165) is 5.75 Å². The highest BCUT2D eigenvalue weighted by Gasteiger charge is 1.99. The first kappa shape index (κ1) is 13.6. The second-order valence-corrected chi connectivity index (χ2v) is 4.43. The van der Waals surface area contributed by atoms with Crippen LogP contribution in [0, 0.1) is 12.7 Å². The van der Waals surface area contributed by atoms with E-state index in [1.807, 2.05) is 37.3 Å². The average molecular weight is 259 g/mol. The molecule has 19 heavy (non-hydrogen) atoms. The Hall–Kier alpha value is -1.87. The fourth-order valence-electron chi connectivity index (χ4n) is 1.74. The average Bonchev–Trinajstić information content (AvgIpc) is 2.42. The lowest BCUT2D eigenvalue weighted by Gasteiger charge is -2.08. The summed E-state index contributed by atoms with van der Waals surface area (Å²) in [5.74, 6) is 0.688. The third kappa shape index (κ3) is 4.38. The van der Waals surface area contributed by atoms with Crippen molar-refractivity contribution in [2.24, 2.45) is 0 Å². The van der Waals surface area contributed by atoms with E-state index in [0.29, 0.717) is 25.3 Å². The minimum atomic E-state index is -0.172. The van der Waals surface area contributed by atoms with Gasteiger partial charge in [0.15, 0.2) is 0 Å². The van der Waals surface area contributed by atoms with Gasteiger partial charge in [0.25, 0.3) is 0 Å². The lowest BCUT2D eigenvalue weighted by atomic mass is 10.2. The van der Waals surface area contributed by atoms with Gasteiger partial charge in [0.2, 0.25) is 0 Å². The first-order valence-electron chi connectivity index (χ1n) is 6.39. The second kappa shape index (κ2) is 6.90. The van der Waals surface area contributed by atoms with Crippen LogP contribution in [0.1, 0.15) is 11.1 Å². The summed E-state index contributed by atoms with van der Waals surface area (Å²) in [5.41, 5.74) is 1.89. The molecule has 2 nitrogen and oxygen atoms in total. The summed E-state index contributed by atoms with van der Waals surface area (Å²) in [6, 6.07) is 14.7. The molecule has 0 unspecified atom stereocenters. The predicted molar refractivity (Wildman–Crippen MR) is 74.8 cm³/mol. The molecular weight excluding hydrogens is 241 g/mol. The lowest BCUT2D eigenvalue weighted by Crippen LogP contribution is -2.21. The monoisotopic (exact) mass is 259 g/mol. The number of aryl methyl sites for hydroxylation is 1. The van der Waals surface area contributed by atoms with Gasteiger partial charge in [0, 0.05) is 18.7 Å². The van der Waals surface area contributed by atoms with Crippen molar-refractivity contribution in [1.29, 1.82) is 0 Å². The summed E-state index contributed by atoms with van der Waals surface area (Å²) in [6.07, 6.45) is 0. The van der Waals surface area contributed by atoms with Crippen LogP contribution in [0.4, 0.5) is 4.39 Å². The molecule has 2 aromatic rings. The van der Waals surface area contributed by atoms with E-state index in [9.17, 15) is 4.39 Å². The summed E-state index contributed by atoms with van der Waals surface area (Å²) in [4.78, 5) is 0. The van der Waals surface area contributed by atoms with Gasteiger partial charge in [0.05, 0.1) is 0 Å². The highest BCUT2D eigenvalue weighted by molar-refractivity contribution is 5.26. The summed E-state index contributed by atoms with van der Waals surface area (Å²) in [7, 11) is 0. The Morgan fingerprint density at radius 1 is 1.05 bits per heavy atom. The summed E-state index contributed by atoms with van der Waals surface area (Å²) in [6.45, 7) is 3.81. The number of hydrogen-bond donors (Lipinski definition) is 1. The number of ether oxygens (including phenoxy) is 1. The minimum absolute atomic E-state index is 0.172. The molecule has 100 valence electrons. The third-order valence-corrected chi connectivity index (χ3v) is 2.84. The molecule has 0 radical (unpaired) electrons. The van der Waals surface area contributed by atoms with Crippen molar-refractivity contribution in [3.63, 3.8) is 0 Å². The molecule has 2 aromatic carbocycles. The Morgan fingerprint density at radius 2 is 1.79 bits per heavy atom. The zero-order valence-electron chi connectivity index (χ0n) is 11.0. The van der Waals surface area contributed by atoms with Crippen molar-refractivity contribution < 1.29 is 9.13 Å². The van der Waals surface area contributed by atoms with Crippen LogP contribution in [0.15, 0.2) is 48.5 Å². The van der Waals surface area contributed by atoms with Crippen LogP contribution in [0.3, 0.4) is 0 Å². The number of rotatable bonds is 6. The summed E-state index contributed by atoms with van der Waals surface area (Å²) in [5, 5.41) is 3.16. The fraction of sp³-hybridized carbons (Fsp3) is 0.250. The van der Waals surface area contributed by atoms with Gasteiger partial charge >= 0.3 is 0 Å². The van der Waals surface area contributed by atoms with Crippen molar-refractivity contribution in [3.05, 3.63) is 65.5 Å². The highest BCUT2D eigenvalue weighted by Crippen LogP contribution is 2.10. The molecule has 0 aromatic heterocycles. The van der Waals surface area contributed by atoms with Crippen molar-refractivity contribution in [2.75, 3.05) is 13.2 Å². The fourth-order valence-corrected chi connectivity index (χ4v) is 1.74. The van der Waals surface area contributed by atoms with Gasteiger partial charge in [-0.2, -0.15) is 0 Å².